The molecule has 2 atom stereocenters. The molecule has 2 unspecified atom stereocenters. The summed E-state index contributed by atoms with van der Waals surface area (Å²) in [5.41, 5.74) is -0.567. The zero-order valence-corrected chi connectivity index (χ0v) is 22.4. The predicted octanol–water partition coefficient (Wildman–Crippen LogP) is 3.56. The van der Waals surface area contributed by atoms with Crippen LogP contribution in [0.3, 0.4) is 0 Å². The van der Waals surface area contributed by atoms with Crippen LogP contribution in [0.15, 0.2) is 18.2 Å². The van der Waals surface area contributed by atoms with Gasteiger partial charge in [0.15, 0.2) is 0 Å². The Bertz CT molecular complexity index is 873. The molecule has 1 aromatic carbocycles. The lowest BCUT2D eigenvalue weighted by Crippen LogP contribution is -2.55. The lowest BCUT2D eigenvalue weighted by atomic mass is 9.97. The third-order valence-corrected chi connectivity index (χ3v) is 5.08. The van der Waals surface area contributed by atoms with Crippen LogP contribution in [0.4, 0.5) is 4.79 Å². The number of benzene rings is 1. The monoisotopic (exact) mass is 493 g/mol. The van der Waals surface area contributed by atoms with Gasteiger partial charge in [0.05, 0.1) is 6.61 Å². The number of nitrogens with zero attached hydrogens (tertiary/aromatic N) is 1. The fourth-order valence-electron chi connectivity index (χ4n) is 3.53. The average molecular weight is 494 g/mol. The number of carbonyl (C=O) groups is 3. The summed E-state index contributed by atoms with van der Waals surface area (Å²) in [5.74, 6) is -1.21. The lowest BCUT2D eigenvalue weighted by Gasteiger charge is -2.36. The van der Waals surface area contributed by atoms with Crippen molar-refractivity contribution in [2.75, 3.05) is 13.2 Å². The standard InChI is InChI=1S/C26H43N3O6/c1-9-10-11-15-29(23(33)19(16-30)27-24(34)35-26(6,7)8)20(22(32)28-25(3,4)5)18-14-12-13-17(2)21(18)31/h12-14,19-20,30-31H,9-11,15-16H2,1-8H3,(H,27,34)(H,28,32). The molecule has 198 valence electrons. The van der Waals surface area contributed by atoms with Gasteiger partial charge in [-0.3, -0.25) is 9.59 Å². The average Bonchev–Trinajstić information content (AvgIpc) is 2.71. The van der Waals surface area contributed by atoms with Crippen LogP contribution >= 0.6 is 0 Å². The maximum atomic E-state index is 13.7. The van der Waals surface area contributed by atoms with E-state index in [1.807, 2.05) is 27.7 Å². The van der Waals surface area contributed by atoms with Gasteiger partial charge in [-0.1, -0.05) is 38.0 Å². The highest BCUT2D eigenvalue weighted by atomic mass is 16.6. The number of phenolic OH excluding ortho intramolecular Hbond substituents is 1. The maximum absolute atomic E-state index is 13.7. The largest absolute Gasteiger partial charge is 0.507 e. The highest BCUT2D eigenvalue weighted by Crippen LogP contribution is 2.33. The summed E-state index contributed by atoms with van der Waals surface area (Å²) in [6.07, 6.45) is 1.43. The quantitative estimate of drug-likeness (QED) is 0.369. The minimum atomic E-state index is -1.33. The van der Waals surface area contributed by atoms with Crippen LogP contribution in [0.25, 0.3) is 0 Å². The molecule has 0 fully saturated rings. The van der Waals surface area contributed by atoms with Gasteiger partial charge in [-0.15, -0.1) is 0 Å². The molecule has 35 heavy (non-hydrogen) atoms. The molecule has 1 rings (SSSR count). The molecule has 0 aromatic heterocycles. The normalized spacial score (nSPS) is 13.5. The van der Waals surface area contributed by atoms with Crippen molar-refractivity contribution in [2.45, 2.75) is 97.9 Å². The minimum absolute atomic E-state index is 0.0875. The number of phenols is 1. The van der Waals surface area contributed by atoms with Crippen LogP contribution in [-0.4, -0.2) is 63.4 Å². The van der Waals surface area contributed by atoms with E-state index >= 15 is 0 Å². The summed E-state index contributed by atoms with van der Waals surface area (Å²) in [7, 11) is 0. The summed E-state index contributed by atoms with van der Waals surface area (Å²) in [6, 6.07) is 2.52. The fourth-order valence-corrected chi connectivity index (χ4v) is 3.53. The summed E-state index contributed by atoms with van der Waals surface area (Å²) in [4.78, 5) is 40.9. The highest BCUT2D eigenvalue weighted by molar-refractivity contribution is 5.93. The third-order valence-electron chi connectivity index (χ3n) is 5.08. The second-order valence-electron chi connectivity index (χ2n) is 10.8. The van der Waals surface area contributed by atoms with Crippen molar-refractivity contribution < 1.29 is 29.3 Å². The first-order valence-corrected chi connectivity index (χ1v) is 12.1. The van der Waals surface area contributed by atoms with E-state index in [1.165, 1.54) is 4.90 Å². The number of aryl methyl sites for hydroxylation is 1. The summed E-state index contributed by atoms with van der Waals surface area (Å²) in [6.45, 7) is 13.8. The zero-order chi connectivity index (χ0) is 27.0. The van der Waals surface area contributed by atoms with Gasteiger partial charge in [0.2, 0.25) is 11.8 Å². The summed E-state index contributed by atoms with van der Waals surface area (Å²) >= 11 is 0. The number of ether oxygens (including phenoxy) is 1. The Morgan fingerprint density at radius 2 is 1.71 bits per heavy atom. The van der Waals surface area contributed by atoms with E-state index in [1.54, 1.807) is 45.9 Å². The minimum Gasteiger partial charge on any atom is -0.507 e. The van der Waals surface area contributed by atoms with Gasteiger partial charge in [0.25, 0.3) is 0 Å². The van der Waals surface area contributed by atoms with Gasteiger partial charge in [0.1, 0.15) is 23.4 Å². The van der Waals surface area contributed by atoms with Crippen LogP contribution < -0.4 is 10.6 Å². The molecule has 0 aliphatic carbocycles. The number of aromatic hydroxyl groups is 1. The molecule has 0 radical (unpaired) electrons. The van der Waals surface area contributed by atoms with Gasteiger partial charge in [-0.2, -0.15) is 0 Å². The van der Waals surface area contributed by atoms with E-state index in [0.29, 0.717) is 12.0 Å². The second kappa shape index (κ2) is 12.8. The van der Waals surface area contributed by atoms with E-state index in [9.17, 15) is 24.6 Å². The van der Waals surface area contributed by atoms with E-state index in [-0.39, 0.29) is 17.9 Å². The van der Waals surface area contributed by atoms with Crippen molar-refractivity contribution in [2.24, 2.45) is 0 Å². The van der Waals surface area contributed by atoms with Crippen molar-refractivity contribution in [3.63, 3.8) is 0 Å². The Kier molecular flexibility index (Phi) is 11.0. The Labute approximate surface area is 209 Å². The van der Waals surface area contributed by atoms with Gasteiger partial charge >= 0.3 is 6.09 Å². The van der Waals surface area contributed by atoms with Gasteiger partial charge in [0, 0.05) is 17.6 Å². The summed E-state index contributed by atoms with van der Waals surface area (Å²) < 4.78 is 5.24. The Morgan fingerprint density at radius 3 is 2.23 bits per heavy atom. The van der Waals surface area contributed by atoms with Crippen LogP contribution in [-0.2, 0) is 14.3 Å². The smallest absolute Gasteiger partial charge is 0.408 e. The van der Waals surface area contributed by atoms with Crippen LogP contribution in [0.1, 0.15) is 84.9 Å². The number of amides is 3. The first-order valence-electron chi connectivity index (χ1n) is 12.1. The first kappa shape index (κ1) is 30.2. The molecule has 0 aliphatic rings. The number of alkyl carbamates (subject to hydrolysis) is 1. The summed E-state index contributed by atoms with van der Waals surface area (Å²) in [5, 5.41) is 26.1. The molecular formula is C26H43N3O6. The molecule has 4 N–H and O–H groups in total. The van der Waals surface area contributed by atoms with E-state index in [2.05, 4.69) is 10.6 Å². The Balaban J connectivity index is 3.50. The van der Waals surface area contributed by atoms with Crippen LogP contribution in [0.2, 0.25) is 0 Å². The van der Waals surface area contributed by atoms with Crippen molar-refractivity contribution in [3.8, 4) is 5.75 Å². The number of hydrogen-bond acceptors (Lipinski definition) is 6. The molecule has 1 aromatic rings. The first-order chi connectivity index (χ1) is 16.1. The number of aliphatic hydroxyl groups is 1. The molecule has 0 bridgehead atoms. The fraction of sp³-hybridized carbons (Fsp3) is 0.654. The van der Waals surface area contributed by atoms with E-state index in [4.69, 9.17) is 4.74 Å². The van der Waals surface area contributed by atoms with E-state index < -0.39 is 47.7 Å². The Morgan fingerprint density at radius 1 is 1.09 bits per heavy atom. The molecule has 0 heterocycles. The van der Waals surface area contributed by atoms with Crippen molar-refractivity contribution in [1.82, 2.24) is 15.5 Å². The van der Waals surface area contributed by atoms with Crippen LogP contribution in [0, 0.1) is 6.92 Å². The lowest BCUT2D eigenvalue weighted by molar-refractivity contribution is -0.144. The number of unbranched alkanes of at least 4 members (excludes halogenated alkanes) is 2. The Hall–Kier alpha value is -2.81. The van der Waals surface area contributed by atoms with Crippen LogP contribution in [0.5, 0.6) is 5.75 Å². The number of carbonyl (C=O) groups excluding carboxylic acids is 3. The predicted molar refractivity (Wildman–Crippen MR) is 135 cm³/mol. The SMILES string of the molecule is CCCCCN(C(=O)C(CO)NC(=O)OC(C)(C)C)C(C(=O)NC(C)(C)C)c1cccc(C)c1O. The molecule has 0 saturated carbocycles. The van der Waals surface area contributed by atoms with Crippen molar-refractivity contribution in [3.05, 3.63) is 29.3 Å². The van der Waals surface area contributed by atoms with Gasteiger partial charge < -0.3 is 30.5 Å². The molecule has 0 aliphatic heterocycles. The van der Waals surface area contributed by atoms with Gasteiger partial charge in [-0.25, -0.2) is 4.79 Å². The maximum Gasteiger partial charge on any atom is 0.408 e. The zero-order valence-electron chi connectivity index (χ0n) is 22.4. The van der Waals surface area contributed by atoms with E-state index in [0.717, 1.165) is 12.8 Å². The number of nitrogens with one attached hydrogen (secondary N) is 2. The second-order valence-corrected chi connectivity index (χ2v) is 10.8. The number of rotatable bonds is 10. The molecule has 9 heteroatoms. The molecular weight excluding hydrogens is 450 g/mol. The molecule has 3 amide bonds. The number of para-hydroxylation sites is 1. The number of hydrogen-bond donors (Lipinski definition) is 4. The van der Waals surface area contributed by atoms with Crippen molar-refractivity contribution in [1.29, 1.82) is 0 Å². The van der Waals surface area contributed by atoms with Gasteiger partial charge in [-0.05, 0) is 60.5 Å². The number of aliphatic hydroxyl groups excluding tert-OH is 1. The molecule has 0 spiro atoms. The molecule has 9 nitrogen and oxygen atoms in total. The highest BCUT2D eigenvalue weighted by Gasteiger charge is 2.38. The third kappa shape index (κ3) is 9.76. The van der Waals surface area contributed by atoms with Crippen molar-refractivity contribution >= 4 is 17.9 Å². The topological polar surface area (TPSA) is 128 Å². The molecule has 0 saturated heterocycles.